The van der Waals surface area contributed by atoms with Crippen LogP contribution in [0.5, 0.6) is 0 Å². The van der Waals surface area contributed by atoms with Gasteiger partial charge in [0.15, 0.2) is 0 Å². The second-order valence-corrected chi connectivity index (χ2v) is 2.18. The second-order valence-electron chi connectivity index (χ2n) is 2.18. The van der Waals surface area contributed by atoms with Crippen molar-refractivity contribution in [3.8, 4) is 0 Å². The highest BCUT2D eigenvalue weighted by Gasteiger charge is 2.01. The first-order valence-corrected chi connectivity index (χ1v) is 3.18. The standard InChI is InChI=1S/C7H9N3O/c8-5-2-1-3-10-6(5)4-7(9)11/h1-3H,4,8H2,(H2,9,11). The molecule has 1 amide bonds. The molecule has 0 aromatic carbocycles. The molecule has 4 nitrogen and oxygen atoms in total. The molecule has 0 spiro atoms. The van der Waals surface area contributed by atoms with E-state index < -0.39 is 5.91 Å². The molecule has 1 aromatic rings. The Kier molecular flexibility index (Phi) is 2.06. The fourth-order valence-corrected chi connectivity index (χ4v) is 0.763. The molecule has 1 heterocycles. The second kappa shape index (κ2) is 3.01. The zero-order valence-electron chi connectivity index (χ0n) is 5.95. The molecule has 4 N–H and O–H groups in total. The van der Waals surface area contributed by atoms with Crippen molar-refractivity contribution in [2.45, 2.75) is 6.42 Å². The van der Waals surface area contributed by atoms with Crippen LogP contribution in [0.4, 0.5) is 5.69 Å². The Balaban J connectivity index is 2.86. The summed E-state index contributed by atoms with van der Waals surface area (Å²) >= 11 is 0. The number of nitrogen functional groups attached to an aromatic ring is 1. The molecule has 0 aliphatic rings. The summed E-state index contributed by atoms with van der Waals surface area (Å²) in [6, 6.07) is 3.39. The fraction of sp³-hybridized carbons (Fsp3) is 0.143. The molecule has 1 rings (SSSR count). The summed E-state index contributed by atoms with van der Waals surface area (Å²) in [7, 11) is 0. The van der Waals surface area contributed by atoms with Gasteiger partial charge in [-0.05, 0) is 12.1 Å². The van der Waals surface area contributed by atoms with Crippen LogP contribution in [0.2, 0.25) is 0 Å². The molecule has 0 saturated heterocycles. The summed E-state index contributed by atoms with van der Waals surface area (Å²) in [4.78, 5) is 14.3. The van der Waals surface area contributed by atoms with Crippen LogP contribution in [-0.2, 0) is 11.2 Å². The van der Waals surface area contributed by atoms with E-state index in [1.54, 1.807) is 18.3 Å². The molecule has 11 heavy (non-hydrogen) atoms. The maximum Gasteiger partial charge on any atom is 0.223 e. The van der Waals surface area contributed by atoms with Crippen LogP contribution in [0.25, 0.3) is 0 Å². The summed E-state index contributed by atoms with van der Waals surface area (Å²) in [5, 5.41) is 0. The largest absolute Gasteiger partial charge is 0.397 e. The quantitative estimate of drug-likeness (QED) is 0.608. The average Bonchev–Trinajstić information content (AvgIpc) is 1.93. The van der Waals surface area contributed by atoms with Gasteiger partial charge >= 0.3 is 0 Å². The van der Waals surface area contributed by atoms with E-state index in [1.165, 1.54) is 0 Å². The number of nitrogens with zero attached hydrogens (tertiary/aromatic N) is 1. The lowest BCUT2D eigenvalue weighted by atomic mass is 10.2. The number of hydrogen-bond donors (Lipinski definition) is 2. The Morgan fingerprint density at radius 2 is 2.36 bits per heavy atom. The number of rotatable bonds is 2. The monoisotopic (exact) mass is 151 g/mol. The number of hydrogen-bond acceptors (Lipinski definition) is 3. The van der Waals surface area contributed by atoms with Gasteiger partial charge in [-0.15, -0.1) is 0 Å². The molecule has 0 unspecified atom stereocenters. The highest BCUT2D eigenvalue weighted by atomic mass is 16.1. The van der Waals surface area contributed by atoms with E-state index in [2.05, 4.69) is 4.98 Å². The molecule has 58 valence electrons. The molecule has 0 radical (unpaired) electrons. The van der Waals surface area contributed by atoms with E-state index in [9.17, 15) is 4.79 Å². The van der Waals surface area contributed by atoms with Gasteiger partial charge in [0.2, 0.25) is 5.91 Å². The predicted molar refractivity (Wildman–Crippen MR) is 41.5 cm³/mol. The van der Waals surface area contributed by atoms with Crippen LogP contribution < -0.4 is 11.5 Å². The van der Waals surface area contributed by atoms with Crippen molar-refractivity contribution in [3.05, 3.63) is 24.0 Å². The molecular weight excluding hydrogens is 142 g/mol. The van der Waals surface area contributed by atoms with E-state index in [4.69, 9.17) is 11.5 Å². The third-order valence-corrected chi connectivity index (χ3v) is 1.27. The Labute approximate surface area is 64.2 Å². The van der Waals surface area contributed by atoms with Crippen molar-refractivity contribution in [2.24, 2.45) is 5.73 Å². The van der Waals surface area contributed by atoms with Gasteiger partial charge in [0.25, 0.3) is 0 Å². The number of pyridine rings is 1. The Morgan fingerprint density at radius 3 is 2.91 bits per heavy atom. The van der Waals surface area contributed by atoms with Crippen LogP contribution in [0.1, 0.15) is 5.69 Å². The van der Waals surface area contributed by atoms with E-state index >= 15 is 0 Å². The minimum absolute atomic E-state index is 0.104. The van der Waals surface area contributed by atoms with Gasteiger partial charge in [-0.2, -0.15) is 0 Å². The molecule has 0 atom stereocenters. The Morgan fingerprint density at radius 1 is 1.64 bits per heavy atom. The smallest absolute Gasteiger partial charge is 0.223 e. The van der Waals surface area contributed by atoms with Gasteiger partial charge in [-0.1, -0.05) is 0 Å². The Hall–Kier alpha value is -1.58. The highest BCUT2D eigenvalue weighted by molar-refractivity contribution is 5.77. The van der Waals surface area contributed by atoms with Crippen LogP contribution in [0.15, 0.2) is 18.3 Å². The number of carbonyl (C=O) groups excluding carboxylic acids is 1. The van der Waals surface area contributed by atoms with Crippen LogP contribution in [0, 0.1) is 0 Å². The van der Waals surface area contributed by atoms with Gasteiger partial charge < -0.3 is 11.5 Å². The molecule has 4 heteroatoms. The third-order valence-electron chi connectivity index (χ3n) is 1.27. The maximum absolute atomic E-state index is 10.4. The van der Waals surface area contributed by atoms with Crippen LogP contribution in [-0.4, -0.2) is 10.9 Å². The number of amides is 1. The lowest BCUT2D eigenvalue weighted by Gasteiger charge is -1.99. The van der Waals surface area contributed by atoms with Crippen molar-refractivity contribution in [3.63, 3.8) is 0 Å². The number of nitrogens with two attached hydrogens (primary N) is 2. The first-order chi connectivity index (χ1) is 5.20. The summed E-state index contributed by atoms with van der Waals surface area (Å²) in [6.45, 7) is 0. The maximum atomic E-state index is 10.4. The minimum Gasteiger partial charge on any atom is -0.397 e. The number of primary amides is 1. The number of carbonyl (C=O) groups is 1. The molecular formula is C7H9N3O. The molecule has 0 bridgehead atoms. The van der Waals surface area contributed by atoms with Gasteiger partial charge in [-0.3, -0.25) is 9.78 Å². The highest BCUT2D eigenvalue weighted by Crippen LogP contribution is 2.06. The Bertz CT molecular complexity index is 272. The minimum atomic E-state index is -0.421. The molecule has 0 fully saturated rings. The SMILES string of the molecule is NC(=O)Cc1ncccc1N. The average molecular weight is 151 g/mol. The summed E-state index contributed by atoms with van der Waals surface area (Å²) < 4.78 is 0. The molecule has 0 aliphatic heterocycles. The lowest BCUT2D eigenvalue weighted by molar-refractivity contribution is -0.117. The first-order valence-electron chi connectivity index (χ1n) is 3.18. The molecule has 0 aliphatic carbocycles. The van der Waals surface area contributed by atoms with Crippen molar-refractivity contribution in [1.82, 2.24) is 4.98 Å². The normalized spacial score (nSPS) is 9.45. The van der Waals surface area contributed by atoms with Crippen LogP contribution in [0.3, 0.4) is 0 Å². The van der Waals surface area contributed by atoms with E-state index in [-0.39, 0.29) is 6.42 Å². The van der Waals surface area contributed by atoms with Crippen molar-refractivity contribution in [2.75, 3.05) is 5.73 Å². The van der Waals surface area contributed by atoms with Crippen molar-refractivity contribution in [1.29, 1.82) is 0 Å². The summed E-state index contributed by atoms with van der Waals surface area (Å²) in [5.74, 6) is -0.421. The van der Waals surface area contributed by atoms with Crippen LogP contribution >= 0.6 is 0 Å². The summed E-state index contributed by atoms with van der Waals surface area (Å²) in [5.41, 5.74) is 11.5. The predicted octanol–water partition coefficient (Wildman–Crippen LogP) is -0.308. The number of anilines is 1. The molecule has 0 saturated carbocycles. The van der Waals surface area contributed by atoms with Crippen molar-refractivity contribution < 1.29 is 4.79 Å². The third kappa shape index (κ3) is 1.93. The fourth-order valence-electron chi connectivity index (χ4n) is 0.763. The topological polar surface area (TPSA) is 82.0 Å². The summed E-state index contributed by atoms with van der Waals surface area (Å²) in [6.07, 6.45) is 1.68. The van der Waals surface area contributed by atoms with Gasteiger partial charge in [0, 0.05) is 6.20 Å². The van der Waals surface area contributed by atoms with Gasteiger partial charge in [-0.25, -0.2) is 0 Å². The van der Waals surface area contributed by atoms with E-state index in [0.717, 1.165) is 0 Å². The molecule has 1 aromatic heterocycles. The van der Waals surface area contributed by atoms with Gasteiger partial charge in [0.1, 0.15) is 0 Å². The number of aromatic nitrogens is 1. The first kappa shape index (κ1) is 7.53. The zero-order chi connectivity index (χ0) is 8.27. The van der Waals surface area contributed by atoms with E-state index in [0.29, 0.717) is 11.4 Å². The zero-order valence-corrected chi connectivity index (χ0v) is 5.95. The van der Waals surface area contributed by atoms with E-state index in [1.807, 2.05) is 0 Å². The van der Waals surface area contributed by atoms with Crippen molar-refractivity contribution >= 4 is 11.6 Å². The van der Waals surface area contributed by atoms with Gasteiger partial charge in [0.05, 0.1) is 17.8 Å². The lowest BCUT2D eigenvalue weighted by Crippen LogP contribution is -2.15.